The third-order valence-electron chi connectivity index (χ3n) is 6.19. The highest BCUT2D eigenvalue weighted by Crippen LogP contribution is 2.32. The summed E-state index contributed by atoms with van der Waals surface area (Å²) < 4.78 is 36.7. The molecule has 0 radical (unpaired) electrons. The molecule has 41 heavy (non-hydrogen) atoms. The minimum absolute atomic E-state index is 0.0705. The summed E-state index contributed by atoms with van der Waals surface area (Å²) in [6.07, 6.45) is 3.20. The standard InChI is InChI=1S/C25H44BrN3O11Si/c1-25(2,24(33)40-14-10-11-15-41(35-4,36-5)37-6)17-19(22(31)34-3)16-20(26)23(32)39-13-9-7-8-12-38-21(30)18-28-29-27/h19-20H,7-18H2,1-6H3. The van der Waals surface area contributed by atoms with Crippen molar-refractivity contribution in [1.29, 1.82) is 0 Å². The van der Waals surface area contributed by atoms with Crippen molar-refractivity contribution >= 4 is 48.6 Å². The number of esters is 4. The summed E-state index contributed by atoms with van der Waals surface area (Å²) in [6, 6.07) is 0.583. The molecule has 16 heteroatoms. The molecule has 0 N–H and O–H groups in total. The Morgan fingerprint density at radius 1 is 0.854 bits per heavy atom. The Kier molecular flexibility index (Phi) is 20.3. The van der Waals surface area contributed by atoms with Gasteiger partial charge in [0, 0.05) is 32.3 Å². The quantitative estimate of drug-likeness (QED) is 0.0223. The van der Waals surface area contributed by atoms with Crippen molar-refractivity contribution in [2.24, 2.45) is 16.4 Å². The fourth-order valence-corrected chi connectivity index (χ4v) is 6.18. The number of ether oxygens (including phenoxy) is 4. The first-order valence-electron chi connectivity index (χ1n) is 13.3. The van der Waals surface area contributed by atoms with Crippen LogP contribution in [0.5, 0.6) is 0 Å². The van der Waals surface area contributed by atoms with E-state index in [1.165, 1.54) is 7.11 Å². The predicted molar refractivity (Wildman–Crippen MR) is 153 cm³/mol. The number of methoxy groups -OCH3 is 1. The van der Waals surface area contributed by atoms with E-state index < -0.39 is 48.8 Å². The van der Waals surface area contributed by atoms with Gasteiger partial charge in [-0.3, -0.25) is 19.2 Å². The maximum Gasteiger partial charge on any atom is 0.500 e. The van der Waals surface area contributed by atoms with E-state index in [1.807, 2.05) is 0 Å². The molecule has 14 nitrogen and oxygen atoms in total. The highest BCUT2D eigenvalue weighted by molar-refractivity contribution is 9.10. The lowest BCUT2D eigenvalue weighted by Gasteiger charge is -2.27. The van der Waals surface area contributed by atoms with Crippen LogP contribution in [0.25, 0.3) is 10.4 Å². The van der Waals surface area contributed by atoms with Crippen molar-refractivity contribution in [3.63, 3.8) is 0 Å². The smallest absolute Gasteiger partial charge is 0.469 e. The minimum atomic E-state index is -2.68. The second-order valence-corrected chi connectivity index (χ2v) is 13.9. The summed E-state index contributed by atoms with van der Waals surface area (Å²) in [4.78, 5) is 50.7. The number of alkyl halides is 1. The van der Waals surface area contributed by atoms with Crippen LogP contribution >= 0.6 is 15.9 Å². The molecule has 0 aromatic heterocycles. The molecule has 236 valence electrons. The number of halogens is 1. The van der Waals surface area contributed by atoms with Gasteiger partial charge in [-0.15, -0.1) is 0 Å². The van der Waals surface area contributed by atoms with E-state index in [0.717, 1.165) is 0 Å². The van der Waals surface area contributed by atoms with Crippen LogP contribution < -0.4 is 0 Å². The molecule has 0 aliphatic rings. The predicted octanol–water partition coefficient (Wildman–Crippen LogP) is 4.11. The molecule has 0 heterocycles. The molecule has 2 unspecified atom stereocenters. The van der Waals surface area contributed by atoms with Crippen molar-refractivity contribution in [2.75, 3.05) is 54.8 Å². The van der Waals surface area contributed by atoms with E-state index in [1.54, 1.807) is 35.2 Å². The third-order valence-corrected chi connectivity index (χ3v) is 9.77. The number of carbonyl (C=O) groups is 4. The SMILES string of the molecule is COC(=O)C(CC(Br)C(=O)OCCCCCOC(=O)CN=[N+]=[N-])CC(C)(C)C(=O)OCCCC[Si](OC)(OC)OC. The highest BCUT2D eigenvalue weighted by atomic mass is 79.9. The van der Waals surface area contributed by atoms with Gasteiger partial charge in [-0.2, -0.15) is 0 Å². The van der Waals surface area contributed by atoms with E-state index >= 15 is 0 Å². The molecule has 0 amide bonds. The second-order valence-electron chi connectivity index (χ2n) is 9.74. The van der Waals surface area contributed by atoms with Crippen LogP contribution in [0.3, 0.4) is 0 Å². The number of rotatable bonds is 23. The summed E-state index contributed by atoms with van der Waals surface area (Å²) in [7, 11) is 3.19. The Labute approximate surface area is 251 Å². The molecule has 2 atom stereocenters. The number of nitrogens with zero attached hydrogens (tertiary/aromatic N) is 3. The van der Waals surface area contributed by atoms with E-state index in [0.29, 0.717) is 38.1 Å². The summed E-state index contributed by atoms with van der Waals surface area (Å²) in [5.74, 6) is -2.90. The van der Waals surface area contributed by atoms with Crippen molar-refractivity contribution in [1.82, 2.24) is 0 Å². The second kappa shape index (κ2) is 21.5. The average Bonchev–Trinajstić information content (AvgIpc) is 2.96. The van der Waals surface area contributed by atoms with Crippen LogP contribution in [-0.4, -0.2) is 92.3 Å². The Hall–Kier alpha value is -2.23. The van der Waals surface area contributed by atoms with Crippen LogP contribution in [-0.2, 0) is 51.4 Å². The molecule has 0 aliphatic heterocycles. The molecule has 0 aliphatic carbocycles. The molecule has 0 fully saturated rings. The van der Waals surface area contributed by atoms with Gasteiger partial charge >= 0.3 is 32.7 Å². The summed E-state index contributed by atoms with van der Waals surface area (Å²) in [6.45, 7) is 3.52. The molecular formula is C25H44BrN3O11Si. The highest BCUT2D eigenvalue weighted by Gasteiger charge is 2.38. The topological polar surface area (TPSA) is 182 Å². The van der Waals surface area contributed by atoms with Gasteiger partial charge in [0.15, 0.2) is 0 Å². The Balaban J connectivity index is 4.61. The molecule has 0 aromatic rings. The normalized spacial score (nSPS) is 13.0. The zero-order chi connectivity index (χ0) is 31.3. The van der Waals surface area contributed by atoms with Gasteiger partial charge in [-0.05, 0) is 64.3 Å². The first-order chi connectivity index (χ1) is 19.4. The van der Waals surface area contributed by atoms with Crippen molar-refractivity contribution in [3.05, 3.63) is 10.4 Å². The lowest BCUT2D eigenvalue weighted by atomic mass is 9.81. The molecule has 0 saturated carbocycles. The van der Waals surface area contributed by atoms with Gasteiger partial charge in [-0.25, -0.2) is 0 Å². The maximum atomic E-state index is 12.8. The van der Waals surface area contributed by atoms with Crippen molar-refractivity contribution < 1.29 is 51.4 Å². The number of azide groups is 1. The number of carbonyl (C=O) groups excluding carboxylic acids is 4. The summed E-state index contributed by atoms with van der Waals surface area (Å²) in [5, 5.41) is 3.12. The number of hydrogen-bond acceptors (Lipinski definition) is 12. The lowest BCUT2D eigenvalue weighted by Crippen LogP contribution is -2.42. The largest absolute Gasteiger partial charge is 0.500 e. The average molecular weight is 671 g/mol. The fourth-order valence-electron chi connectivity index (χ4n) is 3.80. The fraction of sp³-hybridized carbons (Fsp3) is 0.840. The molecule has 0 rings (SSSR count). The number of unbranched alkanes of at least 4 members (excludes halogenated alkanes) is 3. The van der Waals surface area contributed by atoms with Gasteiger partial charge in [0.1, 0.15) is 11.4 Å². The van der Waals surface area contributed by atoms with Gasteiger partial charge < -0.3 is 32.2 Å². The maximum absolute atomic E-state index is 12.8. The van der Waals surface area contributed by atoms with Crippen molar-refractivity contribution in [2.45, 2.75) is 69.7 Å². The van der Waals surface area contributed by atoms with Crippen LogP contribution in [0.1, 0.15) is 58.8 Å². The van der Waals surface area contributed by atoms with E-state index in [9.17, 15) is 19.2 Å². The van der Waals surface area contributed by atoms with Gasteiger partial charge in [0.2, 0.25) is 0 Å². The zero-order valence-electron chi connectivity index (χ0n) is 24.9. The number of hydrogen-bond donors (Lipinski definition) is 0. The summed E-state index contributed by atoms with van der Waals surface area (Å²) >= 11 is 3.29. The molecule has 0 aromatic carbocycles. The van der Waals surface area contributed by atoms with E-state index in [-0.39, 0.29) is 39.2 Å². The first kappa shape index (κ1) is 38.8. The lowest BCUT2D eigenvalue weighted by molar-refractivity contribution is -0.157. The van der Waals surface area contributed by atoms with Crippen LogP contribution in [0.2, 0.25) is 6.04 Å². The van der Waals surface area contributed by atoms with Crippen LogP contribution in [0, 0.1) is 11.3 Å². The van der Waals surface area contributed by atoms with E-state index in [4.69, 9.17) is 37.8 Å². The van der Waals surface area contributed by atoms with Crippen LogP contribution in [0.15, 0.2) is 5.11 Å². The monoisotopic (exact) mass is 669 g/mol. The minimum Gasteiger partial charge on any atom is -0.469 e. The van der Waals surface area contributed by atoms with Gasteiger partial charge in [0.25, 0.3) is 0 Å². The Morgan fingerprint density at radius 2 is 1.41 bits per heavy atom. The van der Waals surface area contributed by atoms with E-state index in [2.05, 4.69) is 26.0 Å². The third kappa shape index (κ3) is 16.1. The van der Waals surface area contributed by atoms with Crippen LogP contribution in [0.4, 0.5) is 0 Å². The zero-order valence-corrected chi connectivity index (χ0v) is 27.4. The van der Waals surface area contributed by atoms with Crippen molar-refractivity contribution in [3.8, 4) is 0 Å². The molecule has 0 saturated heterocycles. The molecule has 0 bridgehead atoms. The Bertz CT molecular complexity index is 859. The first-order valence-corrected chi connectivity index (χ1v) is 16.1. The Morgan fingerprint density at radius 3 is 1.98 bits per heavy atom. The molecule has 0 spiro atoms. The molecular weight excluding hydrogens is 626 g/mol. The summed E-state index contributed by atoms with van der Waals surface area (Å²) in [5.41, 5.74) is 7.15. The van der Waals surface area contributed by atoms with Gasteiger partial charge in [-0.1, -0.05) is 21.0 Å². The van der Waals surface area contributed by atoms with Gasteiger partial charge in [0.05, 0.1) is 38.3 Å².